The topological polar surface area (TPSA) is 24.9 Å². The van der Waals surface area contributed by atoms with E-state index in [1.165, 1.54) is 12.8 Å². The first-order valence-corrected chi connectivity index (χ1v) is 5.66. The molecule has 0 atom stereocenters. The third kappa shape index (κ3) is 3.14. The van der Waals surface area contributed by atoms with Crippen molar-refractivity contribution in [3.63, 3.8) is 0 Å². The van der Waals surface area contributed by atoms with Crippen molar-refractivity contribution in [1.82, 2.24) is 4.98 Å². The molecule has 1 heterocycles. The van der Waals surface area contributed by atoms with Crippen LogP contribution in [0.25, 0.3) is 0 Å². The Kier molecular flexibility index (Phi) is 3.19. The number of hydrogen-bond donors (Lipinski definition) is 1. The van der Waals surface area contributed by atoms with Crippen molar-refractivity contribution in [2.24, 2.45) is 5.92 Å². The van der Waals surface area contributed by atoms with Gasteiger partial charge in [0.15, 0.2) is 0 Å². The molecule has 1 fully saturated rings. The third-order valence-electron chi connectivity index (χ3n) is 2.15. The standard InChI is InChI=1S/C11H13BrN2/c12-10-5-7-14-11(8-10)13-6-1-2-9-3-4-9/h1-2,5,7-9H,3-4,6H2,(H,13,14)/b2-1+. The van der Waals surface area contributed by atoms with Gasteiger partial charge in [-0.05, 0) is 30.9 Å². The average Bonchev–Trinajstić information content (AvgIpc) is 2.96. The van der Waals surface area contributed by atoms with E-state index in [0.717, 1.165) is 22.8 Å². The highest BCUT2D eigenvalue weighted by atomic mass is 79.9. The molecule has 1 aromatic rings. The first-order valence-electron chi connectivity index (χ1n) is 4.87. The molecule has 0 bridgehead atoms. The molecule has 2 rings (SSSR count). The predicted octanol–water partition coefficient (Wildman–Crippen LogP) is 3.22. The Bertz CT molecular complexity index is 332. The molecule has 0 aromatic carbocycles. The lowest BCUT2D eigenvalue weighted by Gasteiger charge is -2.01. The average molecular weight is 253 g/mol. The summed E-state index contributed by atoms with van der Waals surface area (Å²) in [5.41, 5.74) is 0. The Labute approximate surface area is 92.6 Å². The molecule has 0 unspecified atom stereocenters. The molecule has 1 aliphatic carbocycles. The van der Waals surface area contributed by atoms with E-state index in [4.69, 9.17) is 0 Å². The number of aromatic nitrogens is 1. The minimum Gasteiger partial charge on any atom is -0.367 e. The maximum absolute atomic E-state index is 4.20. The van der Waals surface area contributed by atoms with Crippen LogP contribution in [0.3, 0.4) is 0 Å². The van der Waals surface area contributed by atoms with Gasteiger partial charge in [-0.2, -0.15) is 0 Å². The Morgan fingerprint density at radius 3 is 3.14 bits per heavy atom. The number of allylic oxidation sites excluding steroid dienone is 1. The Hall–Kier alpha value is -0.830. The third-order valence-corrected chi connectivity index (χ3v) is 2.65. The van der Waals surface area contributed by atoms with E-state index in [9.17, 15) is 0 Å². The smallest absolute Gasteiger partial charge is 0.127 e. The van der Waals surface area contributed by atoms with Crippen LogP contribution in [0.5, 0.6) is 0 Å². The van der Waals surface area contributed by atoms with Crippen molar-refractivity contribution in [2.45, 2.75) is 12.8 Å². The Morgan fingerprint density at radius 2 is 2.43 bits per heavy atom. The second-order valence-electron chi connectivity index (χ2n) is 3.51. The molecule has 0 spiro atoms. The highest BCUT2D eigenvalue weighted by Crippen LogP contribution is 2.29. The highest BCUT2D eigenvalue weighted by Gasteiger charge is 2.16. The normalized spacial score (nSPS) is 16.1. The molecule has 0 radical (unpaired) electrons. The van der Waals surface area contributed by atoms with E-state index in [1.807, 2.05) is 12.1 Å². The van der Waals surface area contributed by atoms with Gasteiger partial charge in [-0.3, -0.25) is 0 Å². The quantitative estimate of drug-likeness (QED) is 0.833. The summed E-state index contributed by atoms with van der Waals surface area (Å²) in [6, 6.07) is 3.90. The largest absolute Gasteiger partial charge is 0.367 e. The molecular weight excluding hydrogens is 240 g/mol. The van der Waals surface area contributed by atoms with E-state index >= 15 is 0 Å². The fourth-order valence-corrected chi connectivity index (χ4v) is 1.55. The molecule has 2 nitrogen and oxygen atoms in total. The van der Waals surface area contributed by atoms with Crippen molar-refractivity contribution in [2.75, 3.05) is 11.9 Å². The number of pyridine rings is 1. The molecular formula is C11H13BrN2. The van der Waals surface area contributed by atoms with Crippen LogP contribution >= 0.6 is 15.9 Å². The SMILES string of the molecule is Brc1ccnc(NC/C=C/C2CC2)c1. The second-order valence-corrected chi connectivity index (χ2v) is 4.42. The van der Waals surface area contributed by atoms with Gasteiger partial charge in [0.05, 0.1) is 0 Å². The maximum Gasteiger partial charge on any atom is 0.127 e. The van der Waals surface area contributed by atoms with E-state index in [1.54, 1.807) is 6.20 Å². The van der Waals surface area contributed by atoms with Crippen LogP contribution in [0.4, 0.5) is 5.82 Å². The maximum atomic E-state index is 4.20. The van der Waals surface area contributed by atoms with Crippen LogP contribution in [-0.4, -0.2) is 11.5 Å². The van der Waals surface area contributed by atoms with Crippen molar-refractivity contribution in [3.8, 4) is 0 Å². The fourth-order valence-electron chi connectivity index (χ4n) is 1.21. The van der Waals surface area contributed by atoms with Crippen molar-refractivity contribution in [3.05, 3.63) is 35.0 Å². The zero-order chi connectivity index (χ0) is 9.80. The molecule has 14 heavy (non-hydrogen) atoms. The number of halogens is 1. The van der Waals surface area contributed by atoms with Gasteiger partial charge >= 0.3 is 0 Å². The summed E-state index contributed by atoms with van der Waals surface area (Å²) in [5, 5.41) is 3.24. The van der Waals surface area contributed by atoms with Gasteiger partial charge in [0.2, 0.25) is 0 Å². The van der Waals surface area contributed by atoms with Crippen molar-refractivity contribution in [1.29, 1.82) is 0 Å². The summed E-state index contributed by atoms with van der Waals surface area (Å²) < 4.78 is 1.06. The number of nitrogens with one attached hydrogen (secondary N) is 1. The van der Waals surface area contributed by atoms with E-state index in [-0.39, 0.29) is 0 Å². The zero-order valence-corrected chi connectivity index (χ0v) is 9.50. The molecule has 0 aliphatic heterocycles. The molecule has 1 aliphatic rings. The lowest BCUT2D eigenvalue weighted by atomic mass is 10.3. The van der Waals surface area contributed by atoms with Crippen LogP contribution in [-0.2, 0) is 0 Å². The number of hydrogen-bond acceptors (Lipinski definition) is 2. The molecule has 0 amide bonds. The van der Waals surface area contributed by atoms with Gasteiger partial charge < -0.3 is 5.32 Å². The molecule has 1 saturated carbocycles. The van der Waals surface area contributed by atoms with E-state index in [2.05, 4.69) is 38.4 Å². The molecule has 1 N–H and O–H groups in total. The van der Waals surface area contributed by atoms with Crippen LogP contribution in [0.15, 0.2) is 35.0 Å². The molecule has 1 aromatic heterocycles. The first-order chi connectivity index (χ1) is 6.84. The minimum absolute atomic E-state index is 0.854. The number of rotatable bonds is 4. The van der Waals surface area contributed by atoms with Crippen LogP contribution < -0.4 is 5.32 Å². The van der Waals surface area contributed by atoms with Gasteiger partial charge in [0.1, 0.15) is 5.82 Å². The monoisotopic (exact) mass is 252 g/mol. The van der Waals surface area contributed by atoms with Gasteiger partial charge in [-0.1, -0.05) is 28.1 Å². The molecule has 3 heteroatoms. The number of anilines is 1. The summed E-state index contributed by atoms with van der Waals surface area (Å²) in [6.45, 7) is 0.861. The van der Waals surface area contributed by atoms with Crippen LogP contribution in [0.1, 0.15) is 12.8 Å². The summed E-state index contributed by atoms with van der Waals surface area (Å²) >= 11 is 3.41. The first kappa shape index (κ1) is 9.71. The summed E-state index contributed by atoms with van der Waals surface area (Å²) in [5.74, 6) is 1.77. The van der Waals surface area contributed by atoms with Crippen LogP contribution in [0, 0.1) is 5.92 Å². The summed E-state index contributed by atoms with van der Waals surface area (Å²) in [6.07, 6.45) is 8.99. The van der Waals surface area contributed by atoms with E-state index < -0.39 is 0 Å². The van der Waals surface area contributed by atoms with Crippen molar-refractivity contribution < 1.29 is 0 Å². The van der Waals surface area contributed by atoms with E-state index in [0.29, 0.717) is 0 Å². The zero-order valence-electron chi connectivity index (χ0n) is 7.91. The molecule has 0 saturated heterocycles. The Morgan fingerprint density at radius 1 is 1.57 bits per heavy atom. The van der Waals surface area contributed by atoms with Crippen LogP contribution in [0.2, 0.25) is 0 Å². The predicted molar refractivity (Wildman–Crippen MR) is 62.3 cm³/mol. The summed E-state index contributed by atoms with van der Waals surface area (Å²) in [7, 11) is 0. The minimum atomic E-state index is 0.854. The fraction of sp³-hybridized carbons (Fsp3) is 0.364. The van der Waals surface area contributed by atoms with Crippen molar-refractivity contribution >= 4 is 21.7 Å². The number of nitrogens with zero attached hydrogens (tertiary/aromatic N) is 1. The highest BCUT2D eigenvalue weighted by molar-refractivity contribution is 9.10. The lowest BCUT2D eigenvalue weighted by molar-refractivity contribution is 1.10. The molecule has 74 valence electrons. The van der Waals surface area contributed by atoms with Gasteiger partial charge in [-0.25, -0.2) is 4.98 Å². The van der Waals surface area contributed by atoms with Gasteiger partial charge in [0.25, 0.3) is 0 Å². The second kappa shape index (κ2) is 4.60. The Balaban J connectivity index is 1.79. The van der Waals surface area contributed by atoms with Gasteiger partial charge in [-0.15, -0.1) is 0 Å². The van der Waals surface area contributed by atoms with Gasteiger partial charge in [0, 0.05) is 17.2 Å². The summed E-state index contributed by atoms with van der Waals surface area (Å²) in [4.78, 5) is 4.20. The lowest BCUT2D eigenvalue weighted by Crippen LogP contribution is -1.99.